The number of aromatic nitrogens is 2. The van der Waals surface area contributed by atoms with Gasteiger partial charge in [-0.15, -0.1) is 0 Å². The molecule has 6 nitrogen and oxygen atoms in total. The summed E-state index contributed by atoms with van der Waals surface area (Å²) >= 11 is 0. The smallest absolute Gasteiger partial charge is 0.243 e. The van der Waals surface area contributed by atoms with E-state index in [0.717, 1.165) is 5.56 Å². The number of rotatable bonds is 9. The molecule has 0 fully saturated rings. The molecule has 0 spiro atoms. The van der Waals surface area contributed by atoms with Gasteiger partial charge in [-0.05, 0) is 32.8 Å². The standard InChI is InChI=1S/C17H25N3O3S/c1-14(2)23-11-7-10-18-24(21,22)17-13-20(19-15(17)3)12-16-8-5-4-6-9-16/h4-6,8-9,13-14,18H,7,10-12H2,1-3H3. The highest BCUT2D eigenvalue weighted by Crippen LogP contribution is 2.14. The highest BCUT2D eigenvalue weighted by atomic mass is 32.2. The molecule has 0 saturated carbocycles. The van der Waals surface area contributed by atoms with Gasteiger partial charge in [0.15, 0.2) is 0 Å². The molecule has 0 saturated heterocycles. The molecule has 0 aliphatic carbocycles. The summed E-state index contributed by atoms with van der Waals surface area (Å²) in [5.74, 6) is 0. The molecule has 0 aliphatic heterocycles. The number of hydrogen-bond acceptors (Lipinski definition) is 4. The van der Waals surface area contributed by atoms with Crippen LogP contribution in [0.4, 0.5) is 0 Å². The van der Waals surface area contributed by atoms with Crippen LogP contribution in [0.1, 0.15) is 31.5 Å². The molecule has 2 rings (SSSR count). The number of nitrogens with one attached hydrogen (secondary N) is 1. The minimum absolute atomic E-state index is 0.153. The van der Waals surface area contributed by atoms with Crippen LogP contribution in [0, 0.1) is 6.92 Å². The third kappa shape index (κ3) is 5.43. The molecular formula is C17H25N3O3S. The molecule has 132 valence electrons. The van der Waals surface area contributed by atoms with E-state index in [1.807, 2.05) is 44.2 Å². The Hall–Kier alpha value is -1.70. The fourth-order valence-corrected chi connectivity index (χ4v) is 3.55. The summed E-state index contributed by atoms with van der Waals surface area (Å²) in [4.78, 5) is 0.225. The van der Waals surface area contributed by atoms with Crippen LogP contribution in [-0.4, -0.2) is 37.5 Å². The van der Waals surface area contributed by atoms with Gasteiger partial charge >= 0.3 is 0 Å². The molecule has 1 N–H and O–H groups in total. The highest BCUT2D eigenvalue weighted by Gasteiger charge is 2.19. The zero-order valence-corrected chi connectivity index (χ0v) is 15.2. The van der Waals surface area contributed by atoms with Crippen molar-refractivity contribution in [3.8, 4) is 0 Å². The van der Waals surface area contributed by atoms with E-state index in [0.29, 0.717) is 31.8 Å². The average molecular weight is 351 g/mol. The Bertz CT molecular complexity index is 740. The molecule has 0 aliphatic rings. The molecule has 24 heavy (non-hydrogen) atoms. The van der Waals surface area contributed by atoms with Crippen molar-refractivity contribution in [1.82, 2.24) is 14.5 Å². The molecule has 1 heterocycles. The van der Waals surface area contributed by atoms with Crippen LogP contribution in [0.25, 0.3) is 0 Å². The fraction of sp³-hybridized carbons (Fsp3) is 0.471. The lowest BCUT2D eigenvalue weighted by Crippen LogP contribution is -2.26. The fourth-order valence-electron chi connectivity index (χ4n) is 2.29. The molecule has 0 atom stereocenters. The van der Waals surface area contributed by atoms with Crippen molar-refractivity contribution in [3.05, 3.63) is 47.8 Å². The van der Waals surface area contributed by atoms with Crippen molar-refractivity contribution < 1.29 is 13.2 Å². The second-order valence-corrected chi connectivity index (χ2v) is 7.67. The molecule has 0 unspecified atom stereocenters. The summed E-state index contributed by atoms with van der Waals surface area (Å²) in [6, 6.07) is 9.81. The van der Waals surface area contributed by atoms with E-state index in [1.165, 1.54) is 0 Å². The number of hydrogen-bond donors (Lipinski definition) is 1. The van der Waals surface area contributed by atoms with Gasteiger partial charge in [0.1, 0.15) is 4.90 Å². The van der Waals surface area contributed by atoms with Crippen molar-refractivity contribution in [3.63, 3.8) is 0 Å². The average Bonchev–Trinajstić information content (AvgIpc) is 2.89. The quantitative estimate of drug-likeness (QED) is 0.704. The Morgan fingerprint density at radius 3 is 2.62 bits per heavy atom. The topological polar surface area (TPSA) is 73.2 Å². The molecule has 7 heteroatoms. The molecule has 1 aromatic carbocycles. The van der Waals surface area contributed by atoms with E-state index in [-0.39, 0.29) is 11.0 Å². The van der Waals surface area contributed by atoms with Crippen LogP contribution in [0.5, 0.6) is 0 Å². The number of ether oxygens (including phenoxy) is 1. The molecule has 2 aromatic rings. The minimum Gasteiger partial charge on any atom is -0.379 e. The van der Waals surface area contributed by atoms with Gasteiger partial charge in [0, 0.05) is 19.3 Å². The largest absolute Gasteiger partial charge is 0.379 e. The van der Waals surface area contributed by atoms with Crippen molar-refractivity contribution in [1.29, 1.82) is 0 Å². The van der Waals surface area contributed by atoms with Crippen LogP contribution in [-0.2, 0) is 21.3 Å². The summed E-state index contributed by atoms with van der Waals surface area (Å²) in [5, 5.41) is 4.31. The number of sulfonamides is 1. The van der Waals surface area contributed by atoms with Gasteiger partial charge in [0.2, 0.25) is 10.0 Å². The normalized spacial score (nSPS) is 12.0. The van der Waals surface area contributed by atoms with Crippen LogP contribution < -0.4 is 4.72 Å². The van der Waals surface area contributed by atoms with Gasteiger partial charge in [-0.1, -0.05) is 30.3 Å². The molecule has 0 radical (unpaired) electrons. The lowest BCUT2D eigenvalue weighted by molar-refractivity contribution is 0.0778. The first kappa shape index (κ1) is 18.6. The molecule has 0 bridgehead atoms. The van der Waals surface area contributed by atoms with Crippen LogP contribution in [0.3, 0.4) is 0 Å². The maximum Gasteiger partial charge on any atom is 0.243 e. The van der Waals surface area contributed by atoms with E-state index >= 15 is 0 Å². The Morgan fingerprint density at radius 2 is 1.96 bits per heavy atom. The number of aryl methyl sites for hydroxylation is 1. The van der Waals surface area contributed by atoms with E-state index in [2.05, 4.69) is 9.82 Å². The van der Waals surface area contributed by atoms with Crippen LogP contribution >= 0.6 is 0 Å². The van der Waals surface area contributed by atoms with Gasteiger partial charge in [-0.25, -0.2) is 13.1 Å². The van der Waals surface area contributed by atoms with E-state index in [4.69, 9.17) is 4.74 Å². The monoisotopic (exact) mass is 351 g/mol. The third-order valence-electron chi connectivity index (χ3n) is 3.44. The van der Waals surface area contributed by atoms with Gasteiger partial charge in [0.05, 0.1) is 18.3 Å². The summed E-state index contributed by atoms with van der Waals surface area (Å²) in [5.41, 5.74) is 1.57. The van der Waals surface area contributed by atoms with Gasteiger partial charge in [-0.2, -0.15) is 5.10 Å². The zero-order valence-electron chi connectivity index (χ0n) is 14.4. The zero-order chi connectivity index (χ0) is 17.6. The maximum atomic E-state index is 12.4. The first-order valence-corrected chi connectivity index (χ1v) is 9.56. The molecular weight excluding hydrogens is 326 g/mol. The lowest BCUT2D eigenvalue weighted by atomic mass is 10.2. The maximum absolute atomic E-state index is 12.4. The predicted molar refractivity (Wildman–Crippen MR) is 93.4 cm³/mol. The Balaban J connectivity index is 1.97. The SMILES string of the molecule is Cc1nn(Cc2ccccc2)cc1S(=O)(=O)NCCCOC(C)C. The number of benzene rings is 1. The van der Waals surface area contributed by atoms with Gasteiger partial charge in [-0.3, -0.25) is 4.68 Å². The first-order chi connectivity index (χ1) is 11.4. The Labute approximate surface area is 143 Å². The lowest BCUT2D eigenvalue weighted by Gasteiger charge is -2.08. The van der Waals surface area contributed by atoms with Crippen LogP contribution in [0.2, 0.25) is 0 Å². The molecule has 1 aromatic heterocycles. The van der Waals surface area contributed by atoms with E-state index in [9.17, 15) is 8.42 Å². The Kier molecular flexibility index (Phi) is 6.53. The number of nitrogens with zero attached hydrogens (tertiary/aromatic N) is 2. The highest BCUT2D eigenvalue weighted by molar-refractivity contribution is 7.89. The van der Waals surface area contributed by atoms with Gasteiger partial charge < -0.3 is 4.74 Å². The second kappa shape index (κ2) is 8.41. The van der Waals surface area contributed by atoms with Crippen molar-refractivity contribution >= 4 is 10.0 Å². The first-order valence-electron chi connectivity index (χ1n) is 8.08. The summed E-state index contributed by atoms with van der Waals surface area (Å²) in [6.45, 7) is 7.03. The molecule has 0 amide bonds. The van der Waals surface area contributed by atoms with Crippen LogP contribution in [0.15, 0.2) is 41.4 Å². The van der Waals surface area contributed by atoms with Gasteiger partial charge in [0.25, 0.3) is 0 Å². The minimum atomic E-state index is -3.55. The Morgan fingerprint density at radius 1 is 1.25 bits per heavy atom. The van der Waals surface area contributed by atoms with Crippen molar-refractivity contribution in [2.24, 2.45) is 0 Å². The third-order valence-corrected chi connectivity index (χ3v) is 5.01. The second-order valence-electron chi connectivity index (χ2n) is 5.93. The summed E-state index contributed by atoms with van der Waals surface area (Å²) in [6.07, 6.45) is 2.37. The summed E-state index contributed by atoms with van der Waals surface area (Å²) in [7, 11) is -3.55. The van der Waals surface area contributed by atoms with E-state index < -0.39 is 10.0 Å². The summed E-state index contributed by atoms with van der Waals surface area (Å²) < 4.78 is 34.5. The van der Waals surface area contributed by atoms with Crippen molar-refractivity contribution in [2.75, 3.05) is 13.2 Å². The van der Waals surface area contributed by atoms with E-state index in [1.54, 1.807) is 17.8 Å². The predicted octanol–water partition coefficient (Wildman–Crippen LogP) is 2.33. The van der Waals surface area contributed by atoms with Crippen molar-refractivity contribution in [2.45, 2.75) is 44.7 Å².